The minimum absolute atomic E-state index is 0.0581. The van der Waals surface area contributed by atoms with Crippen molar-refractivity contribution in [2.24, 2.45) is 0 Å². The standard InChI is InChI=1S/C19H19ClF2N2O3S2/c20-15-3-1-2-4-17(15)28-12-7-19(25)23-8-10-24(11-9-23)29(26,27)18-6-5-14(21)13-16(18)22/h1-6,13H,7-12H2. The van der Waals surface area contributed by atoms with Crippen LogP contribution in [0.5, 0.6) is 0 Å². The second-order valence-electron chi connectivity index (χ2n) is 6.39. The van der Waals surface area contributed by atoms with E-state index in [0.29, 0.717) is 23.3 Å². The molecule has 1 amide bonds. The average molecular weight is 461 g/mol. The summed E-state index contributed by atoms with van der Waals surface area (Å²) < 4.78 is 53.3. The van der Waals surface area contributed by atoms with E-state index in [2.05, 4.69) is 0 Å². The minimum Gasteiger partial charge on any atom is -0.340 e. The first-order valence-electron chi connectivity index (χ1n) is 8.89. The van der Waals surface area contributed by atoms with Crippen LogP contribution in [0, 0.1) is 11.6 Å². The molecule has 0 N–H and O–H groups in total. The van der Waals surface area contributed by atoms with E-state index >= 15 is 0 Å². The third-order valence-electron chi connectivity index (χ3n) is 4.51. The first-order valence-corrected chi connectivity index (χ1v) is 11.7. The number of nitrogens with zero attached hydrogens (tertiary/aromatic N) is 2. The zero-order valence-corrected chi connectivity index (χ0v) is 17.7. The summed E-state index contributed by atoms with van der Waals surface area (Å²) in [5.74, 6) is -1.48. The first kappa shape index (κ1) is 22.0. The number of benzene rings is 2. The molecule has 1 aliphatic rings. The molecule has 0 bridgehead atoms. The summed E-state index contributed by atoms with van der Waals surface area (Å²) >= 11 is 7.58. The van der Waals surface area contributed by atoms with E-state index in [9.17, 15) is 22.0 Å². The van der Waals surface area contributed by atoms with Crippen LogP contribution < -0.4 is 0 Å². The van der Waals surface area contributed by atoms with E-state index in [1.165, 1.54) is 11.8 Å². The molecule has 5 nitrogen and oxygen atoms in total. The topological polar surface area (TPSA) is 57.7 Å². The number of halogens is 3. The van der Waals surface area contributed by atoms with E-state index in [0.717, 1.165) is 21.3 Å². The molecule has 1 fully saturated rings. The molecule has 0 saturated carbocycles. The lowest BCUT2D eigenvalue weighted by molar-refractivity contribution is -0.131. The van der Waals surface area contributed by atoms with Crippen LogP contribution in [0.1, 0.15) is 6.42 Å². The van der Waals surface area contributed by atoms with Gasteiger partial charge in [-0.15, -0.1) is 11.8 Å². The van der Waals surface area contributed by atoms with Gasteiger partial charge >= 0.3 is 0 Å². The van der Waals surface area contributed by atoms with Gasteiger partial charge in [0, 0.05) is 49.3 Å². The highest BCUT2D eigenvalue weighted by Crippen LogP contribution is 2.27. The second kappa shape index (κ2) is 9.42. The third-order valence-corrected chi connectivity index (χ3v) is 7.96. The summed E-state index contributed by atoms with van der Waals surface area (Å²) in [6.07, 6.45) is 0.301. The van der Waals surface area contributed by atoms with Gasteiger partial charge in [0.05, 0.1) is 5.02 Å². The molecule has 10 heteroatoms. The van der Waals surface area contributed by atoms with Crippen LogP contribution in [0.25, 0.3) is 0 Å². The summed E-state index contributed by atoms with van der Waals surface area (Å²) in [4.78, 5) is 14.3. The van der Waals surface area contributed by atoms with Crippen LogP contribution >= 0.6 is 23.4 Å². The monoisotopic (exact) mass is 460 g/mol. The zero-order valence-electron chi connectivity index (χ0n) is 15.4. The Morgan fingerprint density at radius 3 is 2.41 bits per heavy atom. The second-order valence-corrected chi connectivity index (χ2v) is 9.84. The Labute approximate surface area is 177 Å². The van der Waals surface area contributed by atoms with Crippen molar-refractivity contribution in [1.29, 1.82) is 0 Å². The van der Waals surface area contributed by atoms with Crippen LogP contribution in [-0.2, 0) is 14.8 Å². The van der Waals surface area contributed by atoms with Gasteiger partial charge in [-0.05, 0) is 24.3 Å². The van der Waals surface area contributed by atoms with Gasteiger partial charge in [0.1, 0.15) is 16.5 Å². The SMILES string of the molecule is O=C(CCSc1ccccc1Cl)N1CCN(S(=O)(=O)c2ccc(F)cc2F)CC1. The molecule has 0 unspecified atom stereocenters. The normalized spacial score (nSPS) is 15.5. The molecule has 0 atom stereocenters. The fourth-order valence-corrected chi connectivity index (χ4v) is 5.61. The highest BCUT2D eigenvalue weighted by Gasteiger charge is 2.31. The van der Waals surface area contributed by atoms with E-state index in [4.69, 9.17) is 11.6 Å². The molecule has 3 rings (SSSR count). The Balaban J connectivity index is 1.53. The lowest BCUT2D eigenvalue weighted by atomic mass is 10.3. The van der Waals surface area contributed by atoms with Crippen molar-refractivity contribution in [1.82, 2.24) is 9.21 Å². The quantitative estimate of drug-likeness (QED) is 0.618. The van der Waals surface area contributed by atoms with Crippen LogP contribution in [0.2, 0.25) is 5.02 Å². The summed E-state index contributed by atoms with van der Waals surface area (Å²) in [7, 11) is -4.08. The number of thioether (sulfide) groups is 1. The molecular weight excluding hydrogens is 442 g/mol. The van der Waals surface area contributed by atoms with E-state index in [1.807, 2.05) is 18.2 Å². The average Bonchev–Trinajstić information content (AvgIpc) is 2.69. The molecule has 1 heterocycles. The Bertz CT molecular complexity index is 997. The number of sulfonamides is 1. The third kappa shape index (κ3) is 5.28. The number of carbonyl (C=O) groups excluding carboxylic acids is 1. The number of carbonyl (C=O) groups is 1. The van der Waals surface area contributed by atoms with Gasteiger partial charge in [-0.25, -0.2) is 17.2 Å². The molecule has 0 aliphatic carbocycles. The van der Waals surface area contributed by atoms with E-state index < -0.39 is 26.6 Å². The van der Waals surface area contributed by atoms with Gasteiger partial charge < -0.3 is 4.90 Å². The minimum atomic E-state index is -4.08. The van der Waals surface area contributed by atoms with Gasteiger partial charge in [-0.2, -0.15) is 4.31 Å². The van der Waals surface area contributed by atoms with Crippen molar-refractivity contribution in [3.63, 3.8) is 0 Å². The molecule has 0 spiro atoms. The molecule has 1 aliphatic heterocycles. The summed E-state index contributed by atoms with van der Waals surface area (Å²) in [6, 6.07) is 9.76. The number of rotatable bonds is 6. The van der Waals surface area contributed by atoms with Crippen LogP contribution in [0.15, 0.2) is 52.3 Å². The molecule has 1 saturated heterocycles. The van der Waals surface area contributed by atoms with Crippen LogP contribution in [0.3, 0.4) is 0 Å². The highest BCUT2D eigenvalue weighted by molar-refractivity contribution is 7.99. The van der Waals surface area contributed by atoms with Gasteiger partial charge in [-0.1, -0.05) is 23.7 Å². The first-order chi connectivity index (χ1) is 13.8. The summed E-state index contributed by atoms with van der Waals surface area (Å²) in [5, 5.41) is 0.636. The number of piperazine rings is 1. The van der Waals surface area contributed by atoms with Crippen LogP contribution in [-0.4, -0.2) is 55.5 Å². The lowest BCUT2D eigenvalue weighted by Crippen LogP contribution is -2.50. The van der Waals surface area contributed by atoms with E-state index in [1.54, 1.807) is 11.0 Å². The molecule has 0 radical (unpaired) electrons. The van der Waals surface area contributed by atoms with Gasteiger partial charge in [0.15, 0.2) is 0 Å². The predicted molar refractivity (Wildman–Crippen MR) is 108 cm³/mol. The van der Waals surface area contributed by atoms with Crippen molar-refractivity contribution in [3.8, 4) is 0 Å². The molecule has 29 heavy (non-hydrogen) atoms. The Morgan fingerprint density at radius 2 is 1.76 bits per heavy atom. The number of amides is 1. The fourth-order valence-electron chi connectivity index (χ4n) is 2.97. The fraction of sp³-hybridized carbons (Fsp3) is 0.316. The Morgan fingerprint density at radius 1 is 1.07 bits per heavy atom. The smallest absolute Gasteiger partial charge is 0.246 e. The van der Waals surface area contributed by atoms with Crippen molar-refractivity contribution >= 4 is 39.3 Å². The van der Waals surface area contributed by atoms with Crippen molar-refractivity contribution in [2.75, 3.05) is 31.9 Å². The molecular formula is C19H19ClF2N2O3S2. The molecule has 0 aromatic heterocycles. The van der Waals surface area contributed by atoms with Crippen molar-refractivity contribution < 1.29 is 22.0 Å². The van der Waals surface area contributed by atoms with E-state index in [-0.39, 0.29) is 32.1 Å². The molecule has 156 valence electrons. The summed E-state index contributed by atoms with van der Waals surface area (Å²) in [6.45, 7) is 0.556. The Kier molecular flexibility index (Phi) is 7.15. The zero-order chi connectivity index (χ0) is 21.0. The maximum atomic E-state index is 13.9. The largest absolute Gasteiger partial charge is 0.340 e. The predicted octanol–water partition coefficient (Wildman–Crippen LogP) is 3.63. The Hall–Kier alpha value is -1.68. The molecule has 2 aromatic carbocycles. The van der Waals surface area contributed by atoms with Gasteiger partial charge in [0.2, 0.25) is 15.9 Å². The maximum Gasteiger partial charge on any atom is 0.246 e. The lowest BCUT2D eigenvalue weighted by Gasteiger charge is -2.34. The molecule has 2 aromatic rings. The van der Waals surface area contributed by atoms with Gasteiger partial charge in [0.25, 0.3) is 0 Å². The van der Waals surface area contributed by atoms with Crippen molar-refractivity contribution in [3.05, 3.63) is 59.1 Å². The van der Waals surface area contributed by atoms with Crippen LogP contribution in [0.4, 0.5) is 8.78 Å². The number of hydrogen-bond donors (Lipinski definition) is 0. The van der Waals surface area contributed by atoms with Gasteiger partial charge in [-0.3, -0.25) is 4.79 Å². The van der Waals surface area contributed by atoms with Crippen molar-refractivity contribution in [2.45, 2.75) is 16.2 Å². The summed E-state index contributed by atoms with van der Waals surface area (Å²) in [5.41, 5.74) is 0. The highest BCUT2D eigenvalue weighted by atomic mass is 35.5. The number of hydrogen-bond acceptors (Lipinski definition) is 4. The maximum absolute atomic E-state index is 13.9.